The Hall–Kier alpha value is -8.20. The normalized spacial score (nSPS) is 13.4. The minimum Gasteiger partial charge on any atom is -0.456 e. The van der Waals surface area contributed by atoms with Crippen molar-refractivity contribution in [2.75, 3.05) is 0 Å². The lowest BCUT2D eigenvalue weighted by molar-refractivity contribution is 0.658. The molecule has 300 valence electrons. The SMILES string of the molecule is c1ccc(-c2ccc(C(c3ccc4c(c3)c3ccccc3n4-c3ccccc3)c3cccc4c3oc3cc5c(cc34)-c3ccccc3C5(c3ccccc3)c3ccccc3)cc2)cc1. The number of hydrogen-bond acceptors (Lipinski definition) is 1. The molecule has 2 heterocycles. The topological polar surface area (TPSA) is 18.1 Å². The molecule has 0 radical (unpaired) electrons. The summed E-state index contributed by atoms with van der Waals surface area (Å²) in [5.41, 5.74) is 18.3. The van der Waals surface area contributed by atoms with Crippen LogP contribution in [-0.2, 0) is 5.41 Å². The second kappa shape index (κ2) is 14.4. The molecular formula is C62H41NO. The maximum Gasteiger partial charge on any atom is 0.139 e. The summed E-state index contributed by atoms with van der Waals surface area (Å²) >= 11 is 0. The second-order valence-electron chi connectivity index (χ2n) is 17.1. The van der Waals surface area contributed by atoms with Crippen LogP contribution in [0.5, 0.6) is 0 Å². The van der Waals surface area contributed by atoms with Crippen molar-refractivity contribution in [3.8, 4) is 27.9 Å². The summed E-state index contributed by atoms with van der Waals surface area (Å²) in [6.45, 7) is 0. The lowest BCUT2D eigenvalue weighted by Gasteiger charge is -2.33. The molecule has 2 nitrogen and oxygen atoms in total. The van der Waals surface area contributed by atoms with Gasteiger partial charge in [-0.3, -0.25) is 0 Å². The largest absolute Gasteiger partial charge is 0.456 e. The molecule has 1 atom stereocenters. The van der Waals surface area contributed by atoms with Crippen LogP contribution in [0.25, 0.3) is 71.7 Å². The molecule has 0 saturated carbocycles. The van der Waals surface area contributed by atoms with Crippen molar-refractivity contribution >= 4 is 43.7 Å². The fourth-order valence-electron chi connectivity index (χ4n) is 11.1. The highest BCUT2D eigenvalue weighted by Gasteiger charge is 2.46. The van der Waals surface area contributed by atoms with Gasteiger partial charge in [0.15, 0.2) is 0 Å². The minimum absolute atomic E-state index is 0.113. The molecule has 1 aliphatic carbocycles. The lowest BCUT2D eigenvalue weighted by Crippen LogP contribution is -2.28. The van der Waals surface area contributed by atoms with Crippen LogP contribution in [0.4, 0.5) is 0 Å². The molecule has 2 aromatic heterocycles. The van der Waals surface area contributed by atoms with Crippen molar-refractivity contribution in [2.24, 2.45) is 0 Å². The van der Waals surface area contributed by atoms with Crippen LogP contribution in [0.1, 0.15) is 44.9 Å². The first-order valence-corrected chi connectivity index (χ1v) is 22.2. The van der Waals surface area contributed by atoms with Crippen molar-refractivity contribution in [2.45, 2.75) is 11.3 Å². The van der Waals surface area contributed by atoms with E-state index in [1.54, 1.807) is 0 Å². The van der Waals surface area contributed by atoms with E-state index in [9.17, 15) is 0 Å². The van der Waals surface area contributed by atoms with E-state index in [0.29, 0.717) is 0 Å². The van der Waals surface area contributed by atoms with E-state index in [4.69, 9.17) is 4.42 Å². The highest BCUT2D eigenvalue weighted by molar-refractivity contribution is 6.11. The van der Waals surface area contributed by atoms with E-state index in [0.717, 1.165) is 33.2 Å². The monoisotopic (exact) mass is 815 g/mol. The third-order valence-corrected chi connectivity index (χ3v) is 13.8. The first-order valence-electron chi connectivity index (χ1n) is 22.2. The van der Waals surface area contributed by atoms with Gasteiger partial charge in [0, 0.05) is 38.7 Å². The van der Waals surface area contributed by atoms with Crippen LogP contribution < -0.4 is 0 Å². The Balaban J connectivity index is 1.05. The van der Waals surface area contributed by atoms with Crippen molar-refractivity contribution < 1.29 is 4.42 Å². The molecule has 0 amide bonds. The van der Waals surface area contributed by atoms with Gasteiger partial charge in [-0.25, -0.2) is 0 Å². The Kier molecular flexibility index (Phi) is 8.23. The van der Waals surface area contributed by atoms with Crippen LogP contribution >= 0.6 is 0 Å². The van der Waals surface area contributed by atoms with Gasteiger partial charge in [0.1, 0.15) is 11.2 Å². The Labute approximate surface area is 371 Å². The predicted molar refractivity (Wildman–Crippen MR) is 265 cm³/mol. The summed E-state index contributed by atoms with van der Waals surface area (Å²) in [6.07, 6.45) is 0. The number of aromatic nitrogens is 1. The van der Waals surface area contributed by atoms with Crippen molar-refractivity contribution in [3.05, 3.63) is 282 Å². The van der Waals surface area contributed by atoms with Crippen LogP contribution in [0.2, 0.25) is 0 Å². The number of fused-ring (bicyclic) bond motifs is 9. The molecule has 0 saturated heterocycles. The Morgan fingerprint density at radius 3 is 1.72 bits per heavy atom. The van der Waals surface area contributed by atoms with Crippen molar-refractivity contribution in [1.82, 2.24) is 4.57 Å². The molecule has 0 N–H and O–H groups in total. The molecule has 10 aromatic carbocycles. The summed E-state index contributed by atoms with van der Waals surface area (Å²) < 4.78 is 9.69. The number of rotatable bonds is 7. The van der Waals surface area contributed by atoms with Crippen LogP contribution in [0.15, 0.2) is 247 Å². The Morgan fingerprint density at radius 1 is 0.375 bits per heavy atom. The molecule has 64 heavy (non-hydrogen) atoms. The number of furan rings is 1. The highest BCUT2D eigenvalue weighted by atomic mass is 16.3. The van der Waals surface area contributed by atoms with Crippen molar-refractivity contribution in [1.29, 1.82) is 0 Å². The van der Waals surface area contributed by atoms with Crippen LogP contribution in [0.3, 0.4) is 0 Å². The average molecular weight is 816 g/mol. The van der Waals surface area contributed by atoms with Gasteiger partial charge in [-0.2, -0.15) is 0 Å². The van der Waals surface area contributed by atoms with Gasteiger partial charge in [0.05, 0.1) is 16.4 Å². The minimum atomic E-state index is -0.512. The zero-order chi connectivity index (χ0) is 42.2. The fourth-order valence-corrected chi connectivity index (χ4v) is 11.1. The summed E-state index contributed by atoms with van der Waals surface area (Å²) in [4.78, 5) is 0. The molecule has 0 bridgehead atoms. The predicted octanol–water partition coefficient (Wildman–Crippen LogP) is 15.9. The van der Waals surface area contributed by atoms with E-state index >= 15 is 0 Å². The second-order valence-corrected chi connectivity index (χ2v) is 17.1. The van der Waals surface area contributed by atoms with Gasteiger partial charge in [0.2, 0.25) is 0 Å². The number of benzene rings is 10. The van der Waals surface area contributed by atoms with Gasteiger partial charge in [-0.1, -0.05) is 200 Å². The molecular weight excluding hydrogens is 775 g/mol. The molecule has 0 fully saturated rings. The van der Waals surface area contributed by atoms with Crippen molar-refractivity contribution in [3.63, 3.8) is 0 Å². The van der Waals surface area contributed by atoms with Gasteiger partial charge in [-0.05, 0) is 98.1 Å². The molecule has 2 heteroatoms. The Bertz CT molecular complexity index is 3660. The average Bonchev–Trinajstić information content (AvgIpc) is 4.01. The molecule has 0 spiro atoms. The van der Waals surface area contributed by atoms with Gasteiger partial charge in [-0.15, -0.1) is 0 Å². The standard InChI is InChI=1S/C62H41NO/c1-5-18-41(19-6-1)42-32-34-43(35-33-42)60(44-36-37-58-53(38-44)49-27-14-16-31-57(49)63(58)47-24-11-4-12-25-47)51-29-17-28-50-54-39-52-48-26-13-15-30-55(48)62(45-20-7-2-8-21-45,46-22-9-3-10-23-46)56(52)40-59(54)64-61(50)51/h1-40,60H. The lowest BCUT2D eigenvalue weighted by atomic mass is 9.67. The van der Waals surface area contributed by atoms with E-state index in [2.05, 4.69) is 247 Å². The summed E-state index contributed by atoms with van der Waals surface area (Å²) in [5.74, 6) is -0.113. The van der Waals surface area contributed by atoms with Gasteiger partial charge < -0.3 is 8.98 Å². The molecule has 13 rings (SSSR count). The fraction of sp³-hybridized carbons (Fsp3) is 0.0323. The van der Waals surface area contributed by atoms with E-state index in [-0.39, 0.29) is 5.92 Å². The van der Waals surface area contributed by atoms with Crippen LogP contribution in [0, 0.1) is 0 Å². The third-order valence-electron chi connectivity index (χ3n) is 13.8. The highest BCUT2D eigenvalue weighted by Crippen LogP contribution is 2.57. The third kappa shape index (κ3) is 5.39. The van der Waals surface area contributed by atoms with E-state index in [1.807, 2.05) is 0 Å². The molecule has 1 aliphatic rings. The molecule has 0 aliphatic heterocycles. The maximum absolute atomic E-state index is 7.31. The van der Waals surface area contributed by atoms with E-state index < -0.39 is 5.41 Å². The first-order chi connectivity index (χ1) is 31.8. The number of nitrogens with zero attached hydrogens (tertiary/aromatic N) is 1. The zero-order valence-corrected chi connectivity index (χ0v) is 35.0. The molecule has 1 unspecified atom stereocenters. The Morgan fingerprint density at radius 2 is 0.969 bits per heavy atom. The summed E-state index contributed by atoms with van der Waals surface area (Å²) in [6, 6.07) is 88.8. The zero-order valence-electron chi connectivity index (χ0n) is 35.0. The maximum atomic E-state index is 7.31. The quantitative estimate of drug-likeness (QED) is 0.147. The van der Waals surface area contributed by atoms with Crippen LogP contribution in [-0.4, -0.2) is 4.57 Å². The summed E-state index contributed by atoms with van der Waals surface area (Å²) in [7, 11) is 0. The van der Waals surface area contributed by atoms with E-state index in [1.165, 1.54) is 77.4 Å². The number of hydrogen-bond donors (Lipinski definition) is 0. The summed E-state index contributed by atoms with van der Waals surface area (Å²) in [5, 5.41) is 4.71. The number of para-hydroxylation sites is 3. The smallest absolute Gasteiger partial charge is 0.139 e. The van der Waals surface area contributed by atoms with Gasteiger partial charge >= 0.3 is 0 Å². The van der Waals surface area contributed by atoms with Gasteiger partial charge in [0.25, 0.3) is 0 Å². The first kappa shape index (κ1) is 36.5. The molecule has 12 aromatic rings.